The van der Waals surface area contributed by atoms with Crippen LogP contribution in [-0.2, 0) is 11.3 Å². The minimum Gasteiger partial charge on any atom is -0.467 e. The highest BCUT2D eigenvalue weighted by molar-refractivity contribution is 7.99. The van der Waals surface area contributed by atoms with Crippen molar-refractivity contribution in [2.75, 3.05) is 30.1 Å². The van der Waals surface area contributed by atoms with Gasteiger partial charge >= 0.3 is 0 Å². The van der Waals surface area contributed by atoms with Crippen molar-refractivity contribution in [3.63, 3.8) is 0 Å². The lowest BCUT2D eigenvalue weighted by Gasteiger charge is -2.13. The van der Waals surface area contributed by atoms with Crippen molar-refractivity contribution in [3.05, 3.63) is 72.9 Å². The summed E-state index contributed by atoms with van der Waals surface area (Å²) in [4.78, 5) is 18.6. The van der Waals surface area contributed by atoms with Gasteiger partial charge in [0.25, 0.3) is 0 Å². The number of furan rings is 1. The van der Waals surface area contributed by atoms with Gasteiger partial charge in [-0.15, -0.1) is 10.2 Å². The van der Waals surface area contributed by atoms with Gasteiger partial charge in [0.1, 0.15) is 5.76 Å². The molecule has 158 valence electrons. The summed E-state index contributed by atoms with van der Waals surface area (Å²) in [6.07, 6.45) is 5.06. The molecule has 9 heteroatoms. The Kier molecular flexibility index (Phi) is 6.32. The molecular formula is C22H22N6O2S. The van der Waals surface area contributed by atoms with Gasteiger partial charge in [-0.1, -0.05) is 11.8 Å². The molecule has 0 unspecified atom stereocenters. The molecule has 0 aliphatic rings. The number of pyridine rings is 1. The molecule has 31 heavy (non-hydrogen) atoms. The fourth-order valence-electron chi connectivity index (χ4n) is 2.98. The standard InChI is InChI=1S/C22H22N6O2S/c1-27(2)18-7-5-17(6-8-18)24-20(29)15-31-22-26-25-21(16-9-11-23-12-10-16)28(22)14-19-4-3-13-30-19/h3-13H,14-15H2,1-2H3,(H,24,29). The second kappa shape index (κ2) is 9.48. The molecule has 1 N–H and O–H groups in total. The Balaban J connectivity index is 1.47. The highest BCUT2D eigenvalue weighted by atomic mass is 32.2. The third-order valence-corrected chi connectivity index (χ3v) is 5.52. The van der Waals surface area contributed by atoms with Crippen molar-refractivity contribution in [1.29, 1.82) is 0 Å². The number of amides is 1. The van der Waals surface area contributed by atoms with Gasteiger partial charge < -0.3 is 14.6 Å². The molecule has 1 aromatic carbocycles. The summed E-state index contributed by atoms with van der Waals surface area (Å²) in [7, 11) is 3.95. The summed E-state index contributed by atoms with van der Waals surface area (Å²) >= 11 is 1.33. The van der Waals surface area contributed by atoms with E-state index in [0.29, 0.717) is 17.5 Å². The van der Waals surface area contributed by atoms with Crippen LogP contribution < -0.4 is 10.2 Å². The topological polar surface area (TPSA) is 89.1 Å². The van der Waals surface area contributed by atoms with Crippen molar-refractivity contribution < 1.29 is 9.21 Å². The van der Waals surface area contributed by atoms with Crippen LogP contribution in [0, 0.1) is 0 Å². The quantitative estimate of drug-likeness (QED) is 0.422. The number of hydrogen-bond donors (Lipinski definition) is 1. The molecule has 0 aliphatic heterocycles. The average Bonchev–Trinajstić information content (AvgIpc) is 3.44. The minimum atomic E-state index is -0.111. The first kappa shape index (κ1) is 20.7. The van der Waals surface area contributed by atoms with E-state index >= 15 is 0 Å². The first-order chi connectivity index (χ1) is 15.1. The van der Waals surface area contributed by atoms with Gasteiger partial charge in [0.2, 0.25) is 5.91 Å². The van der Waals surface area contributed by atoms with Crippen LogP contribution in [0.15, 0.2) is 76.8 Å². The molecule has 0 bridgehead atoms. The van der Waals surface area contributed by atoms with E-state index in [9.17, 15) is 4.79 Å². The summed E-state index contributed by atoms with van der Waals surface area (Å²) in [6.45, 7) is 0.466. The Labute approximate surface area is 184 Å². The summed E-state index contributed by atoms with van der Waals surface area (Å²) in [5, 5.41) is 12.2. The second-order valence-electron chi connectivity index (χ2n) is 6.99. The highest BCUT2D eigenvalue weighted by Gasteiger charge is 2.17. The molecule has 3 heterocycles. The zero-order valence-electron chi connectivity index (χ0n) is 17.2. The SMILES string of the molecule is CN(C)c1ccc(NC(=O)CSc2nnc(-c3ccncc3)n2Cc2ccco2)cc1. The molecule has 8 nitrogen and oxygen atoms in total. The third-order valence-electron chi connectivity index (χ3n) is 4.55. The maximum absolute atomic E-state index is 12.5. The Morgan fingerprint density at radius 3 is 2.55 bits per heavy atom. The monoisotopic (exact) mass is 434 g/mol. The normalized spacial score (nSPS) is 10.8. The Bertz CT molecular complexity index is 1120. The van der Waals surface area contributed by atoms with Crippen LogP contribution >= 0.6 is 11.8 Å². The second-order valence-corrected chi connectivity index (χ2v) is 7.93. The van der Waals surface area contributed by atoms with Crippen LogP contribution in [0.3, 0.4) is 0 Å². The van der Waals surface area contributed by atoms with E-state index in [4.69, 9.17) is 4.42 Å². The van der Waals surface area contributed by atoms with Gasteiger partial charge in [0, 0.05) is 43.4 Å². The number of hydrogen-bond acceptors (Lipinski definition) is 7. The van der Waals surface area contributed by atoms with Crippen LogP contribution in [0.1, 0.15) is 5.76 Å². The molecule has 1 amide bonds. The molecule has 0 radical (unpaired) electrons. The van der Waals surface area contributed by atoms with Gasteiger partial charge in [-0.3, -0.25) is 14.3 Å². The van der Waals surface area contributed by atoms with E-state index in [2.05, 4.69) is 20.5 Å². The number of aromatic nitrogens is 4. The van der Waals surface area contributed by atoms with Crippen LogP contribution in [0.25, 0.3) is 11.4 Å². The fraction of sp³-hybridized carbons (Fsp3) is 0.182. The maximum atomic E-state index is 12.5. The minimum absolute atomic E-state index is 0.111. The molecule has 0 atom stereocenters. The first-order valence-electron chi connectivity index (χ1n) is 9.66. The van der Waals surface area contributed by atoms with Crippen molar-refractivity contribution in [2.45, 2.75) is 11.7 Å². The van der Waals surface area contributed by atoms with Crippen LogP contribution in [0.4, 0.5) is 11.4 Å². The zero-order chi connectivity index (χ0) is 21.6. The first-order valence-corrected chi connectivity index (χ1v) is 10.6. The molecule has 0 saturated carbocycles. The van der Waals surface area contributed by atoms with Crippen LogP contribution in [0.5, 0.6) is 0 Å². The number of carbonyl (C=O) groups is 1. The van der Waals surface area contributed by atoms with E-state index in [0.717, 1.165) is 22.7 Å². The number of thioether (sulfide) groups is 1. The van der Waals surface area contributed by atoms with E-state index in [1.807, 2.05) is 72.1 Å². The summed E-state index contributed by atoms with van der Waals surface area (Å²) in [5.41, 5.74) is 2.72. The lowest BCUT2D eigenvalue weighted by Crippen LogP contribution is -2.15. The summed E-state index contributed by atoms with van der Waals surface area (Å²) in [5.74, 6) is 1.58. The lowest BCUT2D eigenvalue weighted by molar-refractivity contribution is -0.113. The number of nitrogens with one attached hydrogen (secondary N) is 1. The Morgan fingerprint density at radius 2 is 1.87 bits per heavy atom. The number of carbonyl (C=O) groups excluding carboxylic acids is 1. The molecule has 0 spiro atoms. The Morgan fingerprint density at radius 1 is 1.10 bits per heavy atom. The van der Waals surface area contributed by atoms with Crippen molar-refractivity contribution in [3.8, 4) is 11.4 Å². The summed E-state index contributed by atoms with van der Waals surface area (Å²) in [6, 6.07) is 15.2. The van der Waals surface area contributed by atoms with Crippen LogP contribution in [0.2, 0.25) is 0 Å². The number of anilines is 2. The largest absolute Gasteiger partial charge is 0.467 e. The summed E-state index contributed by atoms with van der Waals surface area (Å²) < 4.78 is 7.45. The van der Waals surface area contributed by atoms with E-state index in [1.54, 1.807) is 18.7 Å². The number of rotatable bonds is 8. The van der Waals surface area contributed by atoms with E-state index in [1.165, 1.54) is 11.8 Å². The maximum Gasteiger partial charge on any atom is 0.234 e. The molecule has 3 aromatic heterocycles. The van der Waals surface area contributed by atoms with Gasteiger partial charge in [0.15, 0.2) is 11.0 Å². The predicted molar refractivity (Wildman–Crippen MR) is 121 cm³/mol. The van der Waals surface area contributed by atoms with Gasteiger partial charge in [-0.05, 0) is 48.5 Å². The lowest BCUT2D eigenvalue weighted by atomic mass is 10.2. The van der Waals surface area contributed by atoms with Crippen LogP contribution in [-0.4, -0.2) is 45.5 Å². The van der Waals surface area contributed by atoms with Crippen molar-refractivity contribution >= 4 is 29.0 Å². The molecule has 0 aliphatic carbocycles. The molecule has 0 fully saturated rings. The van der Waals surface area contributed by atoms with Crippen molar-refractivity contribution in [2.24, 2.45) is 0 Å². The average molecular weight is 435 g/mol. The smallest absolute Gasteiger partial charge is 0.234 e. The molecular weight excluding hydrogens is 412 g/mol. The number of nitrogens with zero attached hydrogens (tertiary/aromatic N) is 5. The zero-order valence-corrected chi connectivity index (χ0v) is 18.0. The molecule has 0 saturated heterocycles. The number of benzene rings is 1. The third kappa shape index (κ3) is 5.13. The van der Waals surface area contributed by atoms with Gasteiger partial charge in [-0.25, -0.2) is 0 Å². The molecule has 4 rings (SSSR count). The van der Waals surface area contributed by atoms with E-state index < -0.39 is 0 Å². The highest BCUT2D eigenvalue weighted by Crippen LogP contribution is 2.25. The van der Waals surface area contributed by atoms with Gasteiger partial charge in [-0.2, -0.15) is 0 Å². The predicted octanol–water partition coefficient (Wildman–Crippen LogP) is 3.78. The van der Waals surface area contributed by atoms with E-state index in [-0.39, 0.29) is 11.7 Å². The molecule has 4 aromatic rings. The van der Waals surface area contributed by atoms with Gasteiger partial charge in [0.05, 0.1) is 18.6 Å². The Hall–Kier alpha value is -3.59. The fourth-order valence-corrected chi connectivity index (χ4v) is 3.72. The van der Waals surface area contributed by atoms with Crippen molar-refractivity contribution in [1.82, 2.24) is 19.7 Å².